The molecule has 1 aromatic heterocycles. The third-order valence-corrected chi connectivity index (χ3v) is 3.37. The summed E-state index contributed by atoms with van der Waals surface area (Å²) >= 11 is 0. The Morgan fingerprint density at radius 2 is 2.32 bits per heavy atom. The topological polar surface area (TPSA) is 72.6 Å². The molecular weight excluding hydrogens is 248 g/mol. The SMILES string of the molecule is CCOC(=O)c1oc(N2CCCC2=O)nc1C1CC1. The highest BCUT2D eigenvalue weighted by molar-refractivity contribution is 5.94. The van der Waals surface area contributed by atoms with E-state index in [1.165, 1.54) is 4.90 Å². The van der Waals surface area contributed by atoms with Gasteiger partial charge in [0.15, 0.2) is 0 Å². The van der Waals surface area contributed by atoms with Crippen molar-refractivity contribution >= 4 is 17.9 Å². The van der Waals surface area contributed by atoms with Crippen LogP contribution in [0.3, 0.4) is 0 Å². The molecule has 6 nitrogen and oxygen atoms in total. The molecule has 0 unspecified atom stereocenters. The summed E-state index contributed by atoms with van der Waals surface area (Å²) in [6.07, 6.45) is 3.32. The quantitative estimate of drug-likeness (QED) is 0.776. The maximum Gasteiger partial charge on any atom is 0.376 e. The highest BCUT2D eigenvalue weighted by atomic mass is 16.5. The number of rotatable bonds is 4. The van der Waals surface area contributed by atoms with E-state index in [1.807, 2.05) is 0 Å². The number of amides is 1. The molecule has 1 aromatic rings. The number of nitrogens with zero attached hydrogens (tertiary/aromatic N) is 2. The third kappa shape index (κ3) is 2.22. The Balaban J connectivity index is 1.92. The minimum Gasteiger partial charge on any atom is -0.460 e. The molecule has 0 spiro atoms. The molecule has 2 aliphatic rings. The van der Waals surface area contributed by atoms with Crippen molar-refractivity contribution in [1.82, 2.24) is 4.98 Å². The van der Waals surface area contributed by atoms with Crippen LogP contribution in [0.4, 0.5) is 6.01 Å². The lowest BCUT2D eigenvalue weighted by molar-refractivity contribution is -0.117. The van der Waals surface area contributed by atoms with Crippen molar-refractivity contribution in [2.75, 3.05) is 18.1 Å². The molecule has 1 aliphatic heterocycles. The van der Waals surface area contributed by atoms with Crippen LogP contribution >= 0.6 is 0 Å². The van der Waals surface area contributed by atoms with Crippen molar-refractivity contribution in [1.29, 1.82) is 0 Å². The van der Waals surface area contributed by atoms with Crippen molar-refractivity contribution in [3.8, 4) is 0 Å². The molecule has 19 heavy (non-hydrogen) atoms. The molecule has 3 rings (SSSR count). The summed E-state index contributed by atoms with van der Waals surface area (Å²) in [5.74, 6) is -0.0533. The van der Waals surface area contributed by atoms with Crippen molar-refractivity contribution in [2.45, 2.75) is 38.5 Å². The van der Waals surface area contributed by atoms with Crippen LogP contribution in [0.1, 0.15) is 54.8 Å². The second-order valence-electron chi connectivity index (χ2n) is 4.85. The lowest BCUT2D eigenvalue weighted by Crippen LogP contribution is -2.23. The van der Waals surface area contributed by atoms with Gasteiger partial charge in [-0.15, -0.1) is 0 Å². The Labute approximate surface area is 110 Å². The van der Waals surface area contributed by atoms with Crippen molar-refractivity contribution in [3.05, 3.63) is 11.5 Å². The van der Waals surface area contributed by atoms with Crippen molar-refractivity contribution in [3.63, 3.8) is 0 Å². The van der Waals surface area contributed by atoms with E-state index in [0.717, 1.165) is 19.3 Å². The van der Waals surface area contributed by atoms with E-state index in [9.17, 15) is 9.59 Å². The minimum atomic E-state index is -0.491. The number of anilines is 1. The average molecular weight is 264 g/mol. The van der Waals surface area contributed by atoms with Crippen LogP contribution in [0.5, 0.6) is 0 Å². The van der Waals surface area contributed by atoms with Gasteiger partial charge in [-0.25, -0.2) is 4.79 Å². The molecular formula is C13H16N2O4. The number of esters is 1. The molecule has 1 saturated carbocycles. The van der Waals surface area contributed by atoms with Gasteiger partial charge in [0.1, 0.15) is 0 Å². The molecule has 0 radical (unpaired) electrons. The molecule has 0 atom stereocenters. The number of aromatic nitrogens is 1. The van der Waals surface area contributed by atoms with Gasteiger partial charge in [-0.05, 0) is 26.2 Å². The average Bonchev–Trinajstić information content (AvgIpc) is 2.99. The number of oxazole rings is 1. The van der Waals surface area contributed by atoms with Crippen LogP contribution in [-0.2, 0) is 9.53 Å². The van der Waals surface area contributed by atoms with Gasteiger partial charge in [0.25, 0.3) is 0 Å². The molecule has 2 heterocycles. The van der Waals surface area contributed by atoms with E-state index in [-0.39, 0.29) is 23.6 Å². The smallest absolute Gasteiger partial charge is 0.376 e. The summed E-state index contributed by atoms with van der Waals surface area (Å²) in [5.41, 5.74) is 0.646. The molecule has 102 valence electrons. The zero-order valence-electron chi connectivity index (χ0n) is 10.8. The largest absolute Gasteiger partial charge is 0.460 e. The third-order valence-electron chi connectivity index (χ3n) is 3.37. The molecule has 6 heteroatoms. The first-order valence-electron chi connectivity index (χ1n) is 6.69. The highest BCUT2D eigenvalue weighted by Crippen LogP contribution is 2.42. The lowest BCUT2D eigenvalue weighted by Gasteiger charge is -2.08. The maximum absolute atomic E-state index is 11.8. The van der Waals surface area contributed by atoms with Crippen LogP contribution in [-0.4, -0.2) is 30.0 Å². The number of ether oxygens (including phenoxy) is 1. The van der Waals surface area contributed by atoms with Gasteiger partial charge in [0, 0.05) is 18.9 Å². The van der Waals surface area contributed by atoms with E-state index in [2.05, 4.69) is 4.98 Å². The number of carbonyl (C=O) groups is 2. The van der Waals surface area contributed by atoms with Crippen LogP contribution in [0.2, 0.25) is 0 Å². The van der Waals surface area contributed by atoms with Gasteiger partial charge >= 0.3 is 12.0 Å². The van der Waals surface area contributed by atoms with Gasteiger partial charge in [-0.1, -0.05) is 0 Å². The fourth-order valence-corrected chi connectivity index (χ4v) is 2.26. The standard InChI is InChI=1S/C13H16N2O4/c1-2-18-12(17)11-10(8-5-6-8)14-13(19-11)15-7-3-4-9(15)16/h8H,2-7H2,1H3. The van der Waals surface area contributed by atoms with E-state index >= 15 is 0 Å². The first kappa shape index (κ1) is 12.2. The summed E-state index contributed by atoms with van der Waals surface area (Å²) in [6, 6.07) is 0.243. The van der Waals surface area contributed by atoms with Gasteiger partial charge in [-0.2, -0.15) is 4.98 Å². The minimum absolute atomic E-state index is 0.000921. The van der Waals surface area contributed by atoms with E-state index in [0.29, 0.717) is 25.3 Å². The van der Waals surface area contributed by atoms with Crippen LogP contribution < -0.4 is 4.90 Å². The lowest BCUT2D eigenvalue weighted by atomic mass is 10.2. The fourth-order valence-electron chi connectivity index (χ4n) is 2.26. The molecule has 1 aliphatic carbocycles. The molecule has 0 bridgehead atoms. The second kappa shape index (κ2) is 4.68. The Hall–Kier alpha value is -1.85. The molecule has 1 saturated heterocycles. The molecule has 1 amide bonds. The predicted octanol–water partition coefficient (Wildman–Crippen LogP) is 1.86. The summed E-state index contributed by atoms with van der Waals surface area (Å²) in [5, 5.41) is 0. The fraction of sp³-hybridized carbons (Fsp3) is 0.615. The number of carbonyl (C=O) groups excluding carboxylic acids is 2. The summed E-state index contributed by atoms with van der Waals surface area (Å²) in [4.78, 5) is 29.4. The first-order valence-corrected chi connectivity index (χ1v) is 6.69. The van der Waals surface area contributed by atoms with Gasteiger partial charge in [0.05, 0.1) is 12.3 Å². The van der Waals surface area contributed by atoms with E-state index in [1.54, 1.807) is 6.92 Å². The summed E-state index contributed by atoms with van der Waals surface area (Å²) in [7, 11) is 0. The van der Waals surface area contributed by atoms with Crippen molar-refractivity contribution in [2.24, 2.45) is 0 Å². The Morgan fingerprint density at radius 3 is 2.89 bits per heavy atom. The Morgan fingerprint density at radius 1 is 1.53 bits per heavy atom. The highest BCUT2D eigenvalue weighted by Gasteiger charge is 2.36. The van der Waals surface area contributed by atoms with Gasteiger partial charge in [0.2, 0.25) is 11.7 Å². The summed E-state index contributed by atoms with van der Waals surface area (Å²) < 4.78 is 10.5. The van der Waals surface area contributed by atoms with E-state index in [4.69, 9.17) is 9.15 Å². The normalized spacial score (nSPS) is 19.0. The second-order valence-corrected chi connectivity index (χ2v) is 4.85. The number of hydrogen-bond donors (Lipinski definition) is 0. The monoisotopic (exact) mass is 264 g/mol. The molecule has 2 fully saturated rings. The Kier molecular flexibility index (Phi) is 3.00. The first-order chi connectivity index (χ1) is 9.20. The van der Waals surface area contributed by atoms with Crippen LogP contribution in [0, 0.1) is 0 Å². The van der Waals surface area contributed by atoms with Gasteiger partial charge in [-0.3, -0.25) is 9.69 Å². The Bertz CT molecular complexity index is 519. The van der Waals surface area contributed by atoms with Crippen LogP contribution in [0.15, 0.2) is 4.42 Å². The zero-order chi connectivity index (χ0) is 13.4. The maximum atomic E-state index is 11.8. The predicted molar refractivity (Wildman–Crippen MR) is 66.0 cm³/mol. The van der Waals surface area contributed by atoms with Gasteiger partial charge < -0.3 is 9.15 Å². The zero-order valence-corrected chi connectivity index (χ0v) is 10.8. The van der Waals surface area contributed by atoms with Crippen LogP contribution in [0.25, 0.3) is 0 Å². The van der Waals surface area contributed by atoms with E-state index < -0.39 is 5.97 Å². The molecule has 0 aromatic carbocycles. The summed E-state index contributed by atoms with van der Waals surface area (Å²) in [6.45, 7) is 2.64. The van der Waals surface area contributed by atoms with Crippen molar-refractivity contribution < 1.29 is 18.7 Å². The number of hydrogen-bond acceptors (Lipinski definition) is 5. The molecule has 0 N–H and O–H groups in total.